The van der Waals surface area contributed by atoms with Crippen LogP contribution in [0.25, 0.3) is 0 Å². The summed E-state index contributed by atoms with van der Waals surface area (Å²) < 4.78 is 11.2. The minimum atomic E-state index is -0.382. The van der Waals surface area contributed by atoms with E-state index in [4.69, 9.17) is 21.1 Å². The van der Waals surface area contributed by atoms with Gasteiger partial charge in [-0.05, 0) is 18.2 Å². The fourth-order valence-electron chi connectivity index (χ4n) is 3.20. The predicted molar refractivity (Wildman–Crippen MR) is 101 cm³/mol. The van der Waals surface area contributed by atoms with Gasteiger partial charge in [0.1, 0.15) is 11.9 Å². The van der Waals surface area contributed by atoms with Crippen LogP contribution in [0.5, 0.6) is 5.75 Å². The highest BCUT2D eigenvalue weighted by atomic mass is 35.5. The van der Waals surface area contributed by atoms with Gasteiger partial charge < -0.3 is 14.4 Å². The zero-order chi connectivity index (χ0) is 18.5. The van der Waals surface area contributed by atoms with Crippen molar-refractivity contribution in [3.63, 3.8) is 0 Å². The highest BCUT2D eigenvalue weighted by Gasteiger charge is 2.24. The van der Waals surface area contributed by atoms with Crippen molar-refractivity contribution in [2.75, 3.05) is 25.1 Å². The van der Waals surface area contributed by atoms with E-state index in [1.807, 2.05) is 30.3 Å². The molecule has 1 heterocycles. The summed E-state index contributed by atoms with van der Waals surface area (Å²) in [5.41, 5.74) is 1.89. The molecule has 3 rings (SSSR count). The van der Waals surface area contributed by atoms with Crippen molar-refractivity contribution < 1.29 is 14.4 Å². The number of methoxy groups -OCH3 is 1. The minimum Gasteiger partial charge on any atom is -0.489 e. The van der Waals surface area contributed by atoms with Crippen molar-refractivity contribution in [3.05, 3.63) is 63.2 Å². The molecule has 0 spiro atoms. The van der Waals surface area contributed by atoms with Crippen LogP contribution in [0, 0.1) is 10.1 Å². The SMILES string of the molecule is COCc1cc([N+](=O)[O-])ccc1N1CCC(Oc2ccccc2Cl)CC1. The third-order valence-corrected chi connectivity index (χ3v) is 4.80. The van der Waals surface area contributed by atoms with Crippen LogP contribution < -0.4 is 9.64 Å². The van der Waals surface area contributed by atoms with Crippen LogP contribution in [-0.4, -0.2) is 31.2 Å². The number of para-hydroxylation sites is 1. The Morgan fingerprint density at radius 2 is 1.96 bits per heavy atom. The maximum atomic E-state index is 11.0. The van der Waals surface area contributed by atoms with Crippen molar-refractivity contribution in [3.8, 4) is 5.75 Å². The van der Waals surface area contributed by atoms with Gasteiger partial charge in [-0.3, -0.25) is 10.1 Å². The zero-order valence-electron chi connectivity index (χ0n) is 14.6. The second-order valence-corrected chi connectivity index (χ2v) is 6.65. The largest absolute Gasteiger partial charge is 0.489 e. The van der Waals surface area contributed by atoms with Gasteiger partial charge >= 0.3 is 0 Å². The highest BCUT2D eigenvalue weighted by molar-refractivity contribution is 6.32. The molecule has 0 saturated carbocycles. The van der Waals surface area contributed by atoms with Gasteiger partial charge in [0.2, 0.25) is 0 Å². The third kappa shape index (κ3) is 4.26. The van der Waals surface area contributed by atoms with E-state index in [0.717, 1.165) is 37.2 Å². The number of rotatable bonds is 6. The molecule has 1 fully saturated rings. The highest BCUT2D eigenvalue weighted by Crippen LogP contribution is 2.31. The Bertz CT molecular complexity index is 776. The molecular weight excluding hydrogens is 356 g/mol. The monoisotopic (exact) mass is 376 g/mol. The van der Waals surface area contributed by atoms with Crippen LogP contribution in [0.15, 0.2) is 42.5 Å². The van der Waals surface area contributed by atoms with E-state index < -0.39 is 0 Å². The molecule has 0 amide bonds. The van der Waals surface area contributed by atoms with E-state index in [-0.39, 0.29) is 16.7 Å². The molecule has 0 atom stereocenters. The molecule has 7 heteroatoms. The van der Waals surface area contributed by atoms with Gasteiger partial charge in [0.25, 0.3) is 5.69 Å². The number of anilines is 1. The number of hydrogen-bond acceptors (Lipinski definition) is 5. The van der Waals surface area contributed by atoms with Crippen LogP contribution in [0.4, 0.5) is 11.4 Å². The first-order chi connectivity index (χ1) is 12.6. The fraction of sp³-hybridized carbons (Fsp3) is 0.368. The maximum Gasteiger partial charge on any atom is 0.269 e. The molecule has 0 N–H and O–H groups in total. The smallest absolute Gasteiger partial charge is 0.269 e. The lowest BCUT2D eigenvalue weighted by Gasteiger charge is -2.34. The maximum absolute atomic E-state index is 11.0. The predicted octanol–water partition coefficient (Wildman–Crippen LogP) is 4.44. The van der Waals surface area contributed by atoms with E-state index in [2.05, 4.69) is 4.90 Å². The molecule has 0 bridgehead atoms. The van der Waals surface area contributed by atoms with E-state index in [0.29, 0.717) is 17.4 Å². The number of benzene rings is 2. The first-order valence-corrected chi connectivity index (χ1v) is 8.88. The molecule has 138 valence electrons. The number of nitro groups is 1. The number of nitrogens with zero attached hydrogens (tertiary/aromatic N) is 2. The van der Waals surface area contributed by atoms with Gasteiger partial charge in [0.05, 0.1) is 16.6 Å². The number of halogens is 1. The number of non-ortho nitro benzene ring substituents is 1. The second-order valence-electron chi connectivity index (χ2n) is 6.24. The minimum absolute atomic E-state index is 0.0812. The van der Waals surface area contributed by atoms with E-state index >= 15 is 0 Å². The second kappa shape index (κ2) is 8.38. The number of piperidine rings is 1. The van der Waals surface area contributed by atoms with Crippen molar-refractivity contribution in [1.29, 1.82) is 0 Å². The van der Waals surface area contributed by atoms with Gasteiger partial charge in [-0.2, -0.15) is 0 Å². The van der Waals surface area contributed by atoms with E-state index in [1.165, 1.54) is 0 Å². The summed E-state index contributed by atoms with van der Waals surface area (Å²) in [4.78, 5) is 12.9. The molecule has 6 nitrogen and oxygen atoms in total. The molecule has 1 aliphatic rings. The average Bonchev–Trinajstić information content (AvgIpc) is 2.64. The molecule has 26 heavy (non-hydrogen) atoms. The number of hydrogen-bond donors (Lipinski definition) is 0. The summed E-state index contributed by atoms with van der Waals surface area (Å²) in [6.45, 7) is 1.96. The van der Waals surface area contributed by atoms with Crippen LogP contribution in [0.2, 0.25) is 5.02 Å². The topological polar surface area (TPSA) is 64.8 Å². The normalized spacial score (nSPS) is 15.1. The quantitative estimate of drug-likeness (QED) is 0.550. The first-order valence-electron chi connectivity index (χ1n) is 8.51. The molecule has 0 unspecified atom stereocenters. The van der Waals surface area contributed by atoms with Crippen molar-refractivity contribution in [2.24, 2.45) is 0 Å². The van der Waals surface area contributed by atoms with Crippen LogP contribution in [0.3, 0.4) is 0 Å². The van der Waals surface area contributed by atoms with E-state index in [1.54, 1.807) is 19.2 Å². The molecular formula is C19H21ClN2O4. The van der Waals surface area contributed by atoms with Crippen molar-refractivity contribution in [2.45, 2.75) is 25.6 Å². The van der Waals surface area contributed by atoms with Crippen molar-refractivity contribution in [1.82, 2.24) is 0 Å². The molecule has 2 aromatic carbocycles. The average molecular weight is 377 g/mol. The molecule has 0 aromatic heterocycles. The summed E-state index contributed by atoms with van der Waals surface area (Å²) in [6, 6.07) is 12.4. The third-order valence-electron chi connectivity index (χ3n) is 4.49. The Kier molecular flexibility index (Phi) is 5.96. The Morgan fingerprint density at radius 1 is 1.23 bits per heavy atom. The number of nitro benzene ring substituents is 1. The van der Waals surface area contributed by atoms with Crippen LogP contribution in [-0.2, 0) is 11.3 Å². The summed E-state index contributed by atoms with van der Waals surface area (Å²) >= 11 is 6.16. The first kappa shape index (κ1) is 18.5. The van der Waals surface area contributed by atoms with Gasteiger partial charge in [-0.1, -0.05) is 23.7 Å². The van der Waals surface area contributed by atoms with Gasteiger partial charge in [0, 0.05) is 56.4 Å². The van der Waals surface area contributed by atoms with Crippen LogP contribution in [0.1, 0.15) is 18.4 Å². The summed E-state index contributed by atoms with van der Waals surface area (Å²) in [6.07, 6.45) is 1.82. The lowest BCUT2D eigenvalue weighted by Crippen LogP contribution is -2.38. The zero-order valence-corrected chi connectivity index (χ0v) is 15.3. The van der Waals surface area contributed by atoms with E-state index in [9.17, 15) is 10.1 Å². The summed E-state index contributed by atoms with van der Waals surface area (Å²) in [5.74, 6) is 0.711. The summed E-state index contributed by atoms with van der Waals surface area (Å²) in [5, 5.41) is 11.6. The Balaban J connectivity index is 1.67. The summed E-state index contributed by atoms with van der Waals surface area (Å²) in [7, 11) is 1.59. The fourth-order valence-corrected chi connectivity index (χ4v) is 3.38. The molecule has 1 saturated heterocycles. The van der Waals surface area contributed by atoms with Gasteiger partial charge in [-0.25, -0.2) is 0 Å². The number of ether oxygens (including phenoxy) is 2. The van der Waals surface area contributed by atoms with Crippen LogP contribution >= 0.6 is 11.6 Å². The Morgan fingerprint density at radius 3 is 2.62 bits per heavy atom. The molecule has 0 radical (unpaired) electrons. The molecule has 2 aromatic rings. The lowest BCUT2D eigenvalue weighted by molar-refractivity contribution is -0.384. The molecule has 0 aliphatic carbocycles. The van der Waals surface area contributed by atoms with Crippen molar-refractivity contribution >= 4 is 23.0 Å². The van der Waals surface area contributed by atoms with Gasteiger partial charge in [0.15, 0.2) is 0 Å². The lowest BCUT2D eigenvalue weighted by atomic mass is 10.0. The molecule has 1 aliphatic heterocycles. The Hall–Kier alpha value is -2.31. The standard InChI is InChI=1S/C19H21ClN2O4/c1-25-13-14-12-15(22(23)24)6-7-18(14)21-10-8-16(9-11-21)26-19-5-3-2-4-17(19)20/h2-7,12,16H,8-11,13H2,1H3. The van der Waals surface area contributed by atoms with Gasteiger partial charge in [-0.15, -0.1) is 0 Å². The Labute approximate surface area is 157 Å².